The van der Waals surface area contributed by atoms with E-state index in [4.69, 9.17) is 0 Å². The molecule has 4 heteroatoms. The number of piperidine rings is 1. The fraction of sp³-hybridized carbons (Fsp3) is 0.611. The van der Waals surface area contributed by atoms with Crippen molar-refractivity contribution in [3.05, 3.63) is 35.4 Å². The summed E-state index contributed by atoms with van der Waals surface area (Å²) in [6, 6.07) is 8.60. The molecule has 0 aromatic heterocycles. The van der Waals surface area contributed by atoms with E-state index in [0.717, 1.165) is 31.5 Å². The first-order chi connectivity index (χ1) is 10.7. The molecule has 1 atom stereocenters. The van der Waals surface area contributed by atoms with Gasteiger partial charge in [0.2, 0.25) is 0 Å². The molecule has 1 aliphatic heterocycles. The number of aliphatic imine (C=N–C) groups is 1. The largest absolute Gasteiger partial charge is 0.355 e. The van der Waals surface area contributed by atoms with Crippen molar-refractivity contribution in [1.82, 2.24) is 15.5 Å². The molecule has 0 aliphatic carbocycles. The smallest absolute Gasteiger partial charge is 0.191 e. The zero-order valence-electron chi connectivity index (χ0n) is 14.2. The molecule has 2 rings (SSSR count). The summed E-state index contributed by atoms with van der Waals surface area (Å²) in [4.78, 5) is 6.84. The first kappa shape index (κ1) is 16.8. The molecule has 1 fully saturated rings. The molecule has 1 aliphatic rings. The normalized spacial score (nSPS) is 20.0. The van der Waals surface area contributed by atoms with Crippen LogP contribution in [0.2, 0.25) is 0 Å². The molecule has 0 saturated carbocycles. The first-order valence-corrected chi connectivity index (χ1v) is 8.40. The molecule has 122 valence electrons. The molecule has 1 unspecified atom stereocenters. The highest BCUT2D eigenvalue weighted by Gasteiger charge is 2.15. The fourth-order valence-electron chi connectivity index (χ4n) is 2.93. The average molecular weight is 302 g/mol. The van der Waals surface area contributed by atoms with Gasteiger partial charge in [-0.1, -0.05) is 36.8 Å². The van der Waals surface area contributed by atoms with Crippen LogP contribution in [0.25, 0.3) is 0 Å². The fourth-order valence-corrected chi connectivity index (χ4v) is 2.93. The van der Waals surface area contributed by atoms with Crippen LogP contribution in [0.15, 0.2) is 29.3 Å². The van der Waals surface area contributed by atoms with Gasteiger partial charge in [0.25, 0.3) is 0 Å². The molecular formula is C18H30N4. The molecule has 1 aromatic carbocycles. The molecule has 0 bridgehead atoms. The lowest BCUT2D eigenvalue weighted by Crippen LogP contribution is -2.43. The summed E-state index contributed by atoms with van der Waals surface area (Å²) in [5, 5.41) is 6.78. The van der Waals surface area contributed by atoms with Crippen LogP contribution in [0.5, 0.6) is 0 Å². The third-order valence-electron chi connectivity index (χ3n) is 4.27. The van der Waals surface area contributed by atoms with E-state index in [1.165, 1.54) is 37.1 Å². The summed E-state index contributed by atoms with van der Waals surface area (Å²) < 4.78 is 0. The summed E-state index contributed by atoms with van der Waals surface area (Å²) in [7, 11) is 1.83. The van der Waals surface area contributed by atoms with Crippen LogP contribution in [-0.4, -0.2) is 44.1 Å². The van der Waals surface area contributed by atoms with Crippen LogP contribution >= 0.6 is 0 Å². The van der Waals surface area contributed by atoms with Gasteiger partial charge in [0, 0.05) is 33.2 Å². The number of benzene rings is 1. The molecular weight excluding hydrogens is 272 g/mol. The van der Waals surface area contributed by atoms with Crippen molar-refractivity contribution in [2.75, 3.05) is 33.2 Å². The summed E-state index contributed by atoms with van der Waals surface area (Å²) in [5.41, 5.74) is 2.57. The molecule has 22 heavy (non-hydrogen) atoms. The van der Waals surface area contributed by atoms with E-state index < -0.39 is 0 Å². The lowest BCUT2D eigenvalue weighted by molar-refractivity contribution is 0.187. The number of nitrogens with zero attached hydrogens (tertiary/aromatic N) is 2. The molecule has 0 spiro atoms. The van der Waals surface area contributed by atoms with Crippen LogP contribution in [0, 0.1) is 12.8 Å². The van der Waals surface area contributed by atoms with Crippen molar-refractivity contribution >= 4 is 5.96 Å². The SMILES string of the molecule is CN=C(NCCN1CCCC(C)C1)NCc1ccc(C)cc1. The molecule has 1 heterocycles. The topological polar surface area (TPSA) is 39.7 Å². The van der Waals surface area contributed by atoms with Crippen molar-refractivity contribution in [2.24, 2.45) is 10.9 Å². The van der Waals surface area contributed by atoms with Crippen molar-refractivity contribution < 1.29 is 0 Å². The van der Waals surface area contributed by atoms with Gasteiger partial charge < -0.3 is 15.5 Å². The third-order valence-corrected chi connectivity index (χ3v) is 4.27. The zero-order chi connectivity index (χ0) is 15.8. The van der Waals surface area contributed by atoms with Gasteiger partial charge in [-0.2, -0.15) is 0 Å². The minimum atomic E-state index is 0.806. The van der Waals surface area contributed by atoms with Crippen molar-refractivity contribution in [3.8, 4) is 0 Å². The first-order valence-electron chi connectivity index (χ1n) is 8.40. The maximum Gasteiger partial charge on any atom is 0.191 e. The lowest BCUT2D eigenvalue weighted by atomic mass is 10.0. The van der Waals surface area contributed by atoms with Crippen LogP contribution in [-0.2, 0) is 6.54 Å². The standard InChI is InChI=1S/C18H30N4/c1-15-6-8-17(9-7-15)13-21-18(19-3)20-10-12-22-11-4-5-16(2)14-22/h6-9,16H,4-5,10-14H2,1-3H3,(H2,19,20,21). The van der Waals surface area contributed by atoms with E-state index in [2.05, 4.69) is 58.6 Å². The number of guanidine groups is 1. The Balaban J connectivity index is 1.67. The van der Waals surface area contributed by atoms with E-state index in [-0.39, 0.29) is 0 Å². The Labute approximate surface area is 135 Å². The number of likely N-dealkylation sites (tertiary alicyclic amines) is 1. The third kappa shape index (κ3) is 5.68. The van der Waals surface area contributed by atoms with Crippen LogP contribution in [0.1, 0.15) is 30.9 Å². The Morgan fingerprint density at radius 1 is 1.27 bits per heavy atom. The number of rotatable bonds is 5. The van der Waals surface area contributed by atoms with Crippen LogP contribution < -0.4 is 10.6 Å². The van der Waals surface area contributed by atoms with Gasteiger partial charge in [-0.15, -0.1) is 0 Å². The lowest BCUT2D eigenvalue weighted by Gasteiger charge is -2.30. The van der Waals surface area contributed by atoms with E-state index in [1.54, 1.807) is 0 Å². The van der Waals surface area contributed by atoms with E-state index in [1.807, 2.05) is 7.05 Å². The maximum absolute atomic E-state index is 4.29. The Kier molecular flexibility index (Phi) is 6.72. The van der Waals surface area contributed by atoms with Crippen molar-refractivity contribution in [3.63, 3.8) is 0 Å². The van der Waals surface area contributed by atoms with Gasteiger partial charge in [-0.05, 0) is 37.8 Å². The predicted octanol–water partition coefficient (Wildman–Crippen LogP) is 2.39. The van der Waals surface area contributed by atoms with Gasteiger partial charge in [-0.25, -0.2) is 0 Å². The summed E-state index contributed by atoms with van der Waals surface area (Å²) in [6.07, 6.45) is 2.71. The number of hydrogen-bond acceptors (Lipinski definition) is 2. The van der Waals surface area contributed by atoms with Gasteiger partial charge in [-0.3, -0.25) is 4.99 Å². The maximum atomic E-state index is 4.29. The molecule has 0 radical (unpaired) electrons. The van der Waals surface area contributed by atoms with Gasteiger partial charge in [0.05, 0.1) is 0 Å². The Hall–Kier alpha value is -1.55. The van der Waals surface area contributed by atoms with E-state index >= 15 is 0 Å². The number of hydrogen-bond donors (Lipinski definition) is 2. The summed E-state index contributed by atoms with van der Waals surface area (Å²) in [5.74, 6) is 1.72. The minimum absolute atomic E-state index is 0.806. The Bertz CT molecular complexity index is 466. The predicted molar refractivity (Wildman–Crippen MR) is 94.2 cm³/mol. The molecule has 0 amide bonds. The summed E-state index contributed by atoms with van der Waals surface area (Å²) >= 11 is 0. The van der Waals surface area contributed by atoms with Gasteiger partial charge >= 0.3 is 0 Å². The number of aryl methyl sites for hydroxylation is 1. The zero-order valence-corrected chi connectivity index (χ0v) is 14.2. The van der Waals surface area contributed by atoms with Crippen molar-refractivity contribution in [2.45, 2.75) is 33.2 Å². The number of nitrogens with one attached hydrogen (secondary N) is 2. The molecule has 1 aromatic rings. The second-order valence-electron chi connectivity index (χ2n) is 6.39. The Morgan fingerprint density at radius 2 is 2.05 bits per heavy atom. The highest BCUT2D eigenvalue weighted by Crippen LogP contribution is 2.14. The average Bonchev–Trinajstić information content (AvgIpc) is 2.52. The second kappa shape index (κ2) is 8.79. The molecule has 4 nitrogen and oxygen atoms in total. The Morgan fingerprint density at radius 3 is 2.73 bits per heavy atom. The van der Waals surface area contributed by atoms with E-state index in [9.17, 15) is 0 Å². The highest BCUT2D eigenvalue weighted by atomic mass is 15.2. The second-order valence-corrected chi connectivity index (χ2v) is 6.39. The quantitative estimate of drug-likeness (QED) is 0.648. The minimum Gasteiger partial charge on any atom is -0.355 e. The van der Waals surface area contributed by atoms with E-state index in [0.29, 0.717) is 0 Å². The highest BCUT2D eigenvalue weighted by molar-refractivity contribution is 5.79. The van der Waals surface area contributed by atoms with Crippen LogP contribution in [0.4, 0.5) is 0 Å². The van der Waals surface area contributed by atoms with Gasteiger partial charge in [0.15, 0.2) is 5.96 Å². The van der Waals surface area contributed by atoms with Crippen LogP contribution in [0.3, 0.4) is 0 Å². The molecule has 1 saturated heterocycles. The van der Waals surface area contributed by atoms with Crippen molar-refractivity contribution in [1.29, 1.82) is 0 Å². The summed E-state index contributed by atoms with van der Waals surface area (Å²) in [6.45, 7) is 9.77. The monoisotopic (exact) mass is 302 g/mol. The molecule has 2 N–H and O–H groups in total. The van der Waals surface area contributed by atoms with Gasteiger partial charge in [0.1, 0.15) is 0 Å².